The van der Waals surface area contributed by atoms with Gasteiger partial charge < -0.3 is 10.1 Å². The Morgan fingerprint density at radius 2 is 2.21 bits per heavy atom. The highest BCUT2D eigenvalue weighted by atomic mass is 35.5. The second kappa shape index (κ2) is 4.73. The highest BCUT2D eigenvalue weighted by Crippen LogP contribution is 2.47. The monoisotopic (exact) mass is 297 g/mol. The molecule has 0 radical (unpaired) electrons. The number of anilines is 1. The zero-order valence-corrected chi connectivity index (χ0v) is 11.8. The van der Waals surface area contributed by atoms with Crippen molar-refractivity contribution >= 4 is 34.9 Å². The summed E-state index contributed by atoms with van der Waals surface area (Å²) in [4.78, 5) is 11.9. The summed E-state index contributed by atoms with van der Waals surface area (Å²) in [7, 11) is 1.40. The summed E-state index contributed by atoms with van der Waals surface area (Å²) >= 11 is 12.3. The molecule has 0 spiro atoms. The molecule has 1 aliphatic carbocycles. The highest BCUT2D eigenvalue weighted by Gasteiger charge is 2.42. The molecule has 0 unspecified atom stereocenters. The number of allylic oxidation sites excluding steroid dienone is 2. The van der Waals surface area contributed by atoms with Gasteiger partial charge in [0, 0.05) is 16.9 Å². The maximum absolute atomic E-state index is 11.9. The third kappa shape index (κ3) is 2.01. The lowest BCUT2D eigenvalue weighted by molar-refractivity contribution is -0.142. The molecule has 0 fully saturated rings. The third-order valence-electron chi connectivity index (χ3n) is 3.84. The molecule has 0 amide bonds. The van der Waals surface area contributed by atoms with E-state index < -0.39 is 0 Å². The summed E-state index contributed by atoms with van der Waals surface area (Å²) in [5.74, 6) is 0.0707. The minimum atomic E-state index is -0.365. The Morgan fingerprint density at radius 3 is 2.95 bits per heavy atom. The molecule has 1 aliphatic heterocycles. The van der Waals surface area contributed by atoms with Gasteiger partial charge in [-0.15, -0.1) is 0 Å². The molecule has 1 N–H and O–H groups in total. The van der Waals surface area contributed by atoms with E-state index in [-0.39, 0.29) is 23.8 Å². The van der Waals surface area contributed by atoms with Gasteiger partial charge in [-0.2, -0.15) is 0 Å². The number of carbonyl (C=O) groups excluding carboxylic acids is 1. The van der Waals surface area contributed by atoms with Crippen molar-refractivity contribution in [2.24, 2.45) is 5.92 Å². The second-order valence-electron chi connectivity index (χ2n) is 4.85. The molecule has 1 aromatic carbocycles. The van der Waals surface area contributed by atoms with Gasteiger partial charge in [-0.3, -0.25) is 0 Å². The molecule has 0 aromatic heterocycles. The van der Waals surface area contributed by atoms with E-state index >= 15 is 0 Å². The van der Waals surface area contributed by atoms with Crippen molar-refractivity contribution in [3.05, 3.63) is 39.9 Å². The number of esters is 1. The van der Waals surface area contributed by atoms with Crippen molar-refractivity contribution in [1.29, 1.82) is 0 Å². The minimum Gasteiger partial charge on any atom is -0.467 e. The average molecular weight is 298 g/mol. The molecule has 1 aromatic rings. The van der Waals surface area contributed by atoms with Crippen LogP contribution in [0.5, 0.6) is 0 Å². The second-order valence-corrected chi connectivity index (χ2v) is 5.69. The summed E-state index contributed by atoms with van der Waals surface area (Å²) in [6.07, 6.45) is 5.06. The zero-order chi connectivity index (χ0) is 13.6. The van der Waals surface area contributed by atoms with E-state index in [1.54, 1.807) is 6.07 Å². The predicted octanol–water partition coefficient (Wildman–Crippen LogP) is 3.62. The van der Waals surface area contributed by atoms with Gasteiger partial charge >= 0.3 is 5.97 Å². The lowest BCUT2D eigenvalue weighted by Gasteiger charge is -2.35. The fourth-order valence-corrected chi connectivity index (χ4v) is 3.54. The smallest absolute Gasteiger partial charge is 0.328 e. The number of rotatable bonds is 1. The van der Waals surface area contributed by atoms with E-state index in [9.17, 15) is 4.79 Å². The molecule has 0 bridgehead atoms. The summed E-state index contributed by atoms with van der Waals surface area (Å²) < 4.78 is 4.88. The fraction of sp³-hybridized carbons (Fsp3) is 0.357. The van der Waals surface area contributed by atoms with Gasteiger partial charge in [-0.1, -0.05) is 35.4 Å². The SMILES string of the molecule is COC(=O)[C@H]1Nc2c(Cl)cc(Cl)cc2[C@H]2C=CC[C@@H]12. The van der Waals surface area contributed by atoms with Gasteiger partial charge in [0.2, 0.25) is 0 Å². The summed E-state index contributed by atoms with van der Waals surface area (Å²) in [6.45, 7) is 0. The van der Waals surface area contributed by atoms with Crippen molar-refractivity contribution in [3.8, 4) is 0 Å². The lowest BCUT2D eigenvalue weighted by Crippen LogP contribution is -2.42. The summed E-state index contributed by atoms with van der Waals surface area (Å²) in [5, 5.41) is 4.36. The molecule has 0 saturated carbocycles. The fourth-order valence-electron chi connectivity index (χ4n) is 2.98. The normalized spacial score (nSPS) is 27.4. The summed E-state index contributed by atoms with van der Waals surface area (Å²) in [5.41, 5.74) is 1.84. The Hall–Kier alpha value is -1.19. The van der Waals surface area contributed by atoms with Crippen LogP contribution in [0.1, 0.15) is 17.9 Å². The van der Waals surface area contributed by atoms with Crippen LogP contribution in [-0.2, 0) is 9.53 Å². The van der Waals surface area contributed by atoms with Crippen molar-refractivity contribution in [3.63, 3.8) is 0 Å². The van der Waals surface area contributed by atoms with E-state index in [0.717, 1.165) is 17.7 Å². The highest BCUT2D eigenvalue weighted by molar-refractivity contribution is 6.36. The number of fused-ring (bicyclic) bond motifs is 3. The van der Waals surface area contributed by atoms with Crippen LogP contribution in [0, 0.1) is 5.92 Å². The van der Waals surface area contributed by atoms with Crippen LogP contribution in [0.2, 0.25) is 10.0 Å². The largest absolute Gasteiger partial charge is 0.467 e. The van der Waals surface area contributed by atoms with Gasteiger partial charge in [0.05, 0.1) is 17.8 Å². The Bertz CT molecular complexity index is 571. The van der Waals surface area contributed by atoms with Crippen molar-refractivity contribution < 1.29 is 9.53 Å². The molecule has 3 rings (SSSR count). The molecule has 1 heterocycles. The topological polar surface area (TPSA) is 38.3 Å². The van der Waals surface area contributed by atoms with E-state index in [1.807, 2.05) is 6.07 Å². The molecule has 2 aliphatic rings. The van der Waals surface area contributed by atoms with Gasteiger partial charge in [0.1, 0.15) is 6.04 Å². The van der Waals surface area contributed by atoms with Crippen LogP contribution in [0.25, 0.3) is 0 Å². The first-order valence-electron chi connectivity index (χ1n) is 6.12. The lowest BCUT2D eigenvalue weighted by atomic mass is 9.79. The van der Waals surface area contributed by atoms with E-state index in [2.05, 4.69) is 17.5 Å². The van der Waals surface area contributed by atoms with Crippen LogP contribution >= 0.6 is 23.2 Å². The van der Waals surface area contributed by atoms with Crippen molar-refractivity contribution in [2.75, 3.05) is 12.4 Å². The predicted molar refractivity (Wildman–Crippen MR) is 75.9 cm³/mol. The van der Waals surface area contributed by atoms with Gasteiger partial charge in [-0.05, 0) is 24.1 Å². The quantitative estimate of drug-likeness (QED) is 0.635. The maximum Gasteiger partial charge on any atom is 0.328 e. The standard InChI is InChI=1S/C14H13Cl2NO2/c1-19-14(18)13-9-4-2-3-8(9)10-5-7(15)6-11(16)12(10)17-13/h2-3,5-6,8-9,13,17H,4H2,1H3/t8-,9+,13-/m0/s1. The minimum absolute atomic E-state index is 0.162. The van der Waals surface area contributed by atoms with Crippen molar-refractivity contribution in [1.82, 2.24) is 0 Å². The number of nitrogens with one attached hydrogen (secondary N) is 1. The number of halogens is 2. The Balaban J connectivity index is 2.10. The first-order chi connectivity index (χ1) is 9.11. The first kappa shape index (κ1) is 12.8. The number of methoxy groups -OCH3 is 1. The van der Waals surface area contributed by atoms with E-state index in [4.69, 9.17) is 27.9 Å². The average Bonchev–Trinajstić information content (AvgIpc) is 2.86. The Morgan fingerprint density at radius 1 is 1.42 bits per heavy atom. The number of ether oxygens (including phenoxy) is 1. The zero-order valence-electron chi connectivity index (χ0n) is 10.3. The number of benzene rings is 1. The van der Waals surface area contributed by atoms with E-state index in [0.29, 0.717) is 10.0 Å². The molecular formula is C14H13Cl2NO2. The molecule has 5 heteroatoms. The molecule has 0 saturated heterocycles. The molecule has 3 atom stereocenters. The number of hydrogen-bond donors (Lipinski definition) is 1. The number of hydrogen-bond acceptors (Lipinski definition) is 3. The number of carbonyl (C=O) groups is 1. The van der Waals surface area contributed by atoms with Crippen LogP contribution in [0.4, 0.5) is 5.69 Å². The Labute approximate surface area is 121 Å². The van der Waals surface area contributed by atoms with Gasteiger partial charge in [-0.25, -0.2) is 4.79 Å². The van der Waals surface area contributed by atoms with Crippen LogP contribution in [-0.4, -0.2) is 19.1 Å². The van der Waals surface area contributed by atoms with Crippen LogP contribution < -0.4 is 5.32 Å². The Kier molecular flexibility index (Phi) is 3.19. The van der Waals surface area contributed by atoms with Crippen LogP contribution in [0.15, 0.2) is 24.3 Å². The van der Waals surface area contributed by atoms with E-state index in [1.165, 1.54) is 7.11 Å². The van der Waals surface area contributed by atoms with Crippen LogP contribution in [0.3, 0.4) is 0 Å². The van der Waals surface area contributed by atoms with Gasteiger partial charge in [0.25, 0.3) is 0 Å². The summed E-state index contributed by atoms with van der Waals surface area (Å²) in [6, 6.07) is 3.23. The third-order valence-corrected chi connectivity index (χ3v) is 4.36. The van der Waals surface area contributed by atoms with Gasteiger partial charge in [0.15, 0.2) is 0 Å². The first-order valence-corrected chi connectivity index (χ1v) is 6.87. The molecule has 100 valence electrons. The van der Waals surface area contributed by atoms with Crippen molar-refractivity contribution in [2.45, 2.75) is 18.4 Å². The molecule has 3 nitrogen and oxygen atoms in total. The molecular weight excluding hydrogens is 285 g/mol. The molecule has 19 heavy (non-hydrogen) atoms. The maximum atomic E-state index is 11.9.